The topological polar surface area (TPSA) is 456 Å². The van der Waals surface area contributed by atoms with Crippen LogP contribution < -0.4 is 60.2 Å². The fraction of sp³-hybridized carbons (Fsp3) is 0.391. The molecule has 2 heterocycles. The van der Waals surface area contributed by atoms with E-state index in [1.165, 1.54) is 26.4 Å². The first-order chi connectivity index (χ1) is 34.6. The highest BCUT2D eigenvalue weighted by molar-refractivity contribution is 5.99. The van der Waals surface area contributed by atoms with Crippen molar-refractivity contribution in [3.8, 4) is 0 Å². The van der Waals surface area contributed by atoms with E-state index in [0.29, 0.717) is 27.7 Å². The van der Waals surface area contributed by atoms with Gasteiger partial charge in [0.05, 0.1) is 25.2 Å². The number of primary amides is 1. The van der Waals surface area contributed by atoms with Crippen LogP contribution in [0.4, 0.5) is 0 Å². The van der Waals surface area contributed by atoms with Gasteiger partial charge in [0.2, 0.25) is 47.3 Å². The molecule has 0 aliphatic carbocycles. The number of nitrogens with two attached hydrogens (primary N) is 4. The summed E-state index contributed by atoms with van der Waals surface area (Å²) in [5, 5.41) is 36.7. The van der Waals surface area contributed by atoms with Crippen molar-refractivity contribution in [1.29, 1.82) is 0 Å². The molecule has 0 spiro atoms. The summed E-state index contributed by atoms with van der Waals surface area (Å²) in [4.78, 5) is 145. The van der Waals surface area contributed by atoms with Gasteiger partial charge >= 0.3 is 11.9 Å². The van der Waals surface area contributed by atoms with Gasteiger partial charge in [-0.15, -0.1) is 0 Å². The van der Waals surface area contributed by atoms with E-state index in [-0.39, 0.29) is 44.6 Å². The molecule has 4 rings (SSSR count). The minimum Gasteiger partial charge on any atom is -0.481 e. The Balaban J connectivity index is 1.59. The van der Waals surface area contributed by atoms with Crippen molar-refractivity contribution in [2.75, 3.05) is 6.54 Å². The molecule has 73 heavy (non-hydrogen) atoms. The predicted molar refractivity (Wildman–Crippen MR) is 261 cm³/mol. The van der Waals surface area contributed by atoms with E-state index in [1.807, 2.05) is 0 Å². The van der Waals surface area contributed by atoms with E-state index in [0.717, 1.165) is 0 Å². The highest BCUT2D eigenvalue weighted by Crippen LogP contribution is 2.20. The summed E-state index contributed by atoms with van der Waals surface area (Å²) in [7, 11) is 0. The smallest absolute Gasteiger partial charge is 0.305 e. The zero-order valence-corrected chi connectivity index (χ0v) is 39.9. The number of aliphatic carboxylic acids is 2. The van der Waals surface area contributed by atoms with Crippen LogP contribution in [0.3, 0.4) is 0 Å². The third-order valence-electron chi connectivity index (χ3n) is 11.1. The Morgan fingerprint density at radius 1 is 0.603 bits per heavy atom. The summed E-state index contributed by atoms with van der Waals surface area (Å²) in [6.07, 6.45) is 2.36. The fourth-order valence-electron chi connectivity index (χ4n) is 7.24. The number of carboxylic acids is 2. The van der Waals surface area contributed by atoms with Crippen molar-refractivity contribution >= 4 is 76.1 Å². The Labute approximate surface area is 417 Å². The lowest BCUT2D eigenvalue weighted by Crippen LogP contribution is -2.60. The van der Waals surface area contributed by atoms with Gasteiger partial charge in [0, 0.05) is 54.8 Å². The third-order valence-corrected chi connectivity index (χ3v) is 11.1. The molecule has 8 atom stereocenters. The molecule has 0 radical (unpaired) electrons. The number of benzene rings is 2. The first-order valence-corrected chi connectivity index (χ1v) is 22.8. The highest BCUT2D eigenvalue weighted by atomic mass is 16.4. The van der Waals surface area contributed by atoms with Gasteiger partial charge in [0.15, 0.2) is 5.96 Å². The molecule has 19 N–H and O–H groups in total. The number of hydrogen-bond donors (Lipinski definition) is 15. The molecule has 0 saturated carbocycles. The maximum absolute atomic E-state index is 14.6. The Hall–Kier alpha value is -8.88. The molecular formula is C46H61N15O12. The summed E-state index contributed by atoms with van der Waals surface area (Å²) >= 11 is 0. The largest absolute Gasteiger partial charge is 0.481 e. The Bertz CT molecular complexity index is 2620. The standard InChI is InChI=1S/C46H61N15O12/c1-23(55-41(69)29(47)18-36(62)63)39(67)58-34(17-27-21-51-22-54-27)44(72)60-32(15-25-9-4-3-5-10-25)43(71)61-33(16-26-20-53-30-12-7-6-11-28(26)30)42(70)56-24(2)40(68)59-35(19-37(64)65)45(73)57-31(38(48)66)13-8-14-52-46(49)50/h3-7,9-12,20-24,29,31-35,53H,8,13-19,47H2,1-2H3,(H2,48,66)(H,51,54)(H,55,69)(H,56,70)(H,57,73)(H,58,67)(H,59,68)(H,60,72)(H,61,71)(H,62,63)(H,64,65)(H4,49,50,52)/t23-,24-,29-,31-,32-,33-,34-,35-/m0/s1. The van der Waals surface area contributed by atoms with Crippen molar-refractivity contribution in [2.45, 2.75) is 107 Å². The second kappa shape index (κ2) is 27.5. The van der Waals surface area contributed by atoms with Crippen molar-refractivity contribution in [3.05, 3.63) is 90.1 Å². The number of carbonyl (C=O) groups excluding carboxylic acids is 8. The van der Waals surface area contributed by atoms with Crippen molar-refractivity contribution < 1.29 is 58.2 Å². The lowest BCUT2D eigenvalue weighted by atomic mass is 10.0. The predicted octanol–water partition coefficient (Wildman–Crippen LogP) is -3.83. The van der Waals surface area contributed by atoms with E-state index >= 15 is 0 Å². The number of carbonyl (C=O) groups is 10. The molecule has 0 bridgehead atoms. The molecule has 8 amide bonds. The van der Waals surface area contributed by atoms with E-state index in [1.54, 1.807) is 60.8 Å². The zero-order valence-electron chi connectivity index (χ0n) is 39.9. The summed E-state index contributed by atoms with van der Waals surface area (Å²) in [5.74, 6) is -10.6. The number of guanidine groups is 1. The molecule has 0 saturated heterocycles. The van der Waals surface area contributed by atoms with Gasteiger partial charge in [-0.25, -0.2) is 4.98 Å². The first-order valence-electron chi connectivity index (χ1n) is 22.8. The van der Waals surface area contributed by atoms with Crippen LogP contribution in [0.15, 0.2) is 78.3 Å². The van der Waals surface area contributed by atoms with Gasteiger partial charge in [-0.3, -0.25) is 52.9 Å². The number of fused-ring (bicyclic) bond motifs is 1. The first kappa shape index (κ1) is 56.7. The number of nitrogens with zero attached hydrogens (tertiary/aromatic N) is 2. The molecular weight excluding hydrogens is 955 g/mol. The monoisotopic (exact) mass is 1020 g/mol. The third kappa shape index (κ3) is 18.4. The number of rotatable bonds is 29. The number of H-pyrrole nitrogens is 2. The number of aromatic nitrogens is 3. The number of hydrogen-bond acceptors (Lipinski definition) is 13. The molecule has 4 aromatic rings. The van der Waals surface area contributed by atoms with Crippen LogP contribution >= 0.6 is 0 Å². The maximum atomic E-state index is 14.6. The van der Waals surface area contributed by atoms with Crippen LogP contribution in [-0.4, -0.2) is 145 Å². The molecule has 392 valence electrons. The van der Waals surface area contributed by atoms with Gasteiger partial charge in [-0.2, -0.15) is 0 Å². The summed E-state index contributed by atoms with van der Waals surface area (Å²) in [5.41, 5.74) is 24.0. The minimum atomic E-state index is -1.75. The van der Waals surface area contributed by atoms with Crippen LogP contribution in [-0.2, 0) is 67.2 Å². The van der Waals surface area contributed by atoms with Crippen LogP contribution in [0.2, 0.25) is 0 Å². The number of amides is 8. The molecule has 2 aromatic heterocycles. The minimum absolute atomic E-state index is 0.0330. The van der Waals surface area contributed by atoms with E-state index in [9.17, 15) is 53.1 Å². The van der Waals surface area contributed by atoms with E-state index in [2.05, 4.69) is 57.2 Å². The van der Waals surface area contributed by atoms with Gasteiger partial charge in [0.1, 0.15) is 42.3 Å². The fourth-order valence-corrected chi connectivity index (χ4v) is 7.24. The zero-order chi connectivity index (χ0) is 53.8. The second-order valence-corrected chi connectivity index (χ2v) is 17.0. The lowest BCUT2D eigenvalue weighted by Gasteiger charge is -2.27. The normalized spacial score (nSPS) is 14.2. The molecule has 2 aromatic carbocycles. The van der Waals surface area contributed by atoms with Crippen LogP contribution in [0, 0.1) is 0 Å². The maximum Gasteiger partial charge on any atom is 0.305 e. The quantitative estimate of drug-likeness (QED) is 0.0141. The van der Waals surface area contributed by atoms with Crippen molar-refractivity contribution in [1.82, 2.24) is 52.2 Å². The Morgan fingerprint density at radius 3 is 1.71 bits per heavy atom. The molecule has 0 unspecified atom stereocenters. The number of para-hydroxylation sites is 1. The summed E-state index contributed by atoms with van der Waals surface area (Å²) in [6.45, 7) is 2.62. The van der Waals surface area contributed by atoms with E-state index in [4.69, 9.17) is 28.0 Å². The molecule has 0 fully saturated rings. The van der Waals surface area contributed by atoms with Crippen molar-refractivity contribution in [3.63, 3.8) is 0 Å². The summed E-state index contributed by atoms with van der Waals surface area (Å²) < 4.78 is 0. The van der Waals surface area contributed by atoms with Crippen molar-refractivity contribution in [2.24, 2.45) is 27.9 Å². The summed E-state index contributed by atoms with van der Waals surface area (Å²) in [6, 6.07) is 3.97. The number of imidazole rings is 1. The Morgan fingerprint density at radius 2 is 1.12 bits per heavy atom. The SMILES string of the molecule is C[C@H](NC(=O)[C@H](Cc1c[nH]c2ccccc12)NC(=O)[C@H](Cc1ccccc1)NC(=O)[C@H](Cc1cnc[nH]1)NC(=O)[C@H](C)NC(=O)[C@@H](N)CC(=O)O)C(=O)N[C@@H](CC(=O)O)C(=O)N[C@@H](CCCN=C(N)N)C(N)=O. The molecule has 27 heteroatoms. The Kier molecular flexibility index (Phi) is 21.4. The highest BCUT2D eigenvalue weighted by Gasteiger charge is 2.34. The average molecular weight is 1020 g/mol. The van der Waals surface area contributed by atoms with E-state index < -0.39 is 120 Å². The number of aromatic amines is 2. The van der Waals surface area contributed by atoms with Crippen LogP contribution in [0.5, 0.6) is 0 Å². The van der Waals surface area contributed by atoms with Crippen LogP contribution in [0.25, 0.3) is 10.9 Å². The average Bonchev–Trinajstić information content (AvgIpc) is 4.01. The number of carboxylic acid groups (broad SMARTS) is 2. The lowest BCUT2D eigenvalue weighted by molar-refractivity contribution is -0.141. The number of nitrogens with one attached hydrogen (secondary N) is 9. The van der Waals surface area contributed by atoms with Gasteiger partial charge < -0.3 is 80.3 Å². The van der Waals surface area contributed by atoms with Gasteiger partial charge in [0.25, 0.3) is 0 Å². The molecule has 27 nitrogen and oxygen atoms in total. The molecule has 0 aliphatic rings. The molecule has 0 aliphatic heterocycles. The van der Waals surface area contributed by atoms with Crippen LogP contribution in [0.1, 0.15) is 56.4 Å². The van der Waals surface area contributed by atoms with Gasteiger partial charge in [-0.1, -0.05) is 48.5 Å². The number of aliphatic imine (C=N–C) groups is 1. The van der Waals surface area contributed by atoms with Gasteiger partial charge in [-0.05, 0) is 43.9 Å². The second-order valence-electron chi connectivity index (χ2n) is 17.0.